The van der Waals surface area contributed by atoms with Gasteiger partial charge in [-0.3, -0.25) is 0 Å². The van der Waals surface area contributed by atoms with Crippen molar-refractivity contribution >= 4 is 22.8 Å². The number of imidazole rings is 1. The van der Waals surface area contributed by atoms with Gasteiger partial charge in [-0.05, 0) is 18.3 Å². The quantitative estimate of drug-likeness (QED) is 0.814. The topological polar surface area (TPSA) is 52.8 Å². The number of nitrogens with zero attached hydrogens (tertiary/aromatic N) is 4. The van der Waals surface area contributed by atoms with Gasteiger partial charge >= 0.3 is 0 Å². The van der Waals surface area contributed by atoms with Crippen LogP contribution >= 0.6 is 11.6 Å². The highest BCUT2D eigenvalue weighted by Gasteiger charge is 2.26. The zero-order valence-corrected chi connectivity index (χ0v) is 12.6. The van der Waals surface area contributed by atoms with Gasteiger partial charge in [0, 0.05) is 6.54 Å². The van der Waals surface area contributed by atoms with E-state index in [4.69, 9.17) is 16.3 Å². The van der Waals surface area contributed by atoms with E-state index in [0.717, 1.165) is 23.9 Å². The van der Waals surface area contributed by atoms with Crippen LogP contribution in [0.15, 0.2) is 6.33 Å². The Hall–Kier alpha value is -1.36. The number of ether oxygens (including phenoxy) is 1. The molecule has 0 saturated heterocycles. The molecular weight excluding hydrogens is 276 g/mol. The number of methoxy groups -OCH3 is 1. The molecule has 108 valence electrons. The van der Waals surface area contributed by atoms with Crippen LogP contribution in [0, 0.1) is 11.8 Å². The van der Waals surface area contributed by atoms with E-state index in [2.05, 4.69) is 26.4 Å². The number of fused-ring (bicyclic) bond motifs is 1. The maximum Gasteiger partial charge on any atom is 0.245 e. The SMILES string of the molecule is COc1ncnc2c1nc(CCl)n2CC1CCCC1C. The molecule has 0 spiro atoms. The third-order valence-corrected chi connectivity index (χ3v) is 4.59. The Balaban J connectivity index is 2.04. The highest BCUT2D eigenvalue weighted by atomic mass is 35.5. The van der Waals surface area contributed by atoms with Gasteiger partial charge in [-0.2, -0.15) is 4.98 Å². The number of halogens is 1. The van der Waals surface area contributed by atoms with Crippen molar-refractivity contribution in [1.82, 2.24) is 19.5 Å². The lowest BCUT2D eigenvalue weighted by Crippen LogP contribution is -2.15. The first-order valence-corrected chi connectivity index (χ1v) is 7.58. The van der Waals surface area contributed by atoms with Crippen LogP contribution in [0.1, 0.15) is 32.0 Å². The lowest BCUT2D eigenvalue weighted by Gasteiger charge is -2.17. The zero-order chi connectivity index (χ0) is 14.1. The summed E-state index contributed by atoms with van der Waals surface area (Å²) in [6.45, 7) is 3.26. The number of aromatic nitrogens is 4. The molecule has 1 aliphatic rings. The Morgan fingerprint density at radius 2 is 2.25 bits per heavy atom. The molecule has 0 aliphatic heterocycles. The summed E-state index contributed by atoms with van der Waals surface area (Å²) in [6, 6.07) is 0. The number of alkyl halides is 1. The predicted octanol–water partition coefficient (Wildman–Crippen LogP) is 3.01. The Kier molecular flexibility index (Phi) is 3.78. The summed E-state index contributed by atoms with van der Waals surface area (Å²) in [5.74, 6) is 3.16. The molecule has 0 bridgehead atoms. The van der Waals surface area contributed by atoms with Gasteiger partial charge in [-0.15, -0.1) is 11.6 Å². The Morgan fingerprint density at radius 1 is 1.40 bits per heavy atom. The van der Waals surface area contributed by atoms with Gasteiger partial charge in [0.25, 0.3) is 0 Å². The summed E-state index contributed by atoms with van der Waals surface area (Å²) in [4.78, 5) is 13.0. The van der Waals surface area contributed by atoms with Crippen molar-refractivity contribution in [1.29, 1.82) is 0 Å². The molecule has 1 aliphatic carbocycles. The second kappa shape index (κ2) is 5.56. The molecule has 5 nitrogen and oxygen atoms in total. The van der Waals surface area contributed by atoms with Crippen molar-refractivity contribution in [3.63, 3.8) is 0 Å². The summed E-state index contributed by atoms with van der Waals surface area (Å²) in [6.07, 6.45) is 5.42. The maximum atomic E-state index is 6.05. The molecule has 0 amide bonds. The molecule has 2 aromatic heterocycles. The minimum absolute atomic E-state index is 0.376. The van der Waals surface area contributed by atoms with Crippen LogP contribution < -0.4 is 4.74 Å². The molecule has 0 radical (unpaired) electrons. The molecule has 0 N–H and O–H groups in total. The lowest BCUT2D eigenvalue weighted by atomic mass is 9.98. The van der Waals surface area contributed by atoms with E-state index in [0.29, 0.717) is 23.2 Å². The van der Waals surface area contributed by atoms with Gasteiger partial charge in [0.1, 0.15) is 12.2 Å². The molecule has 2 unspecified atom stereocenters. The van der Waals surface area contributed by atoms with Crippen LogP contribution in [0.4, 0.5) is 0 Å². The standard InChI is InChI=1S/C14H19ClN4O/c1-9-4-3-5-10(9)7-19-11(6-15)18-12-13(19)16-8-17-14(12)20-2/h8-10H,3-7H2,1-2H3. The van der Waals surface area contributed by atoms with Crippen LogP contribution in [-0.4, -0.2) is 26.6 Å². The number of hydrogen-bond acceptors (Lipinski definition) is 4. The summed E-state index contributed by atoms with van der Waals surface area (Å²) < 4.78 is 7.40. The highest BCUT2D eigenvalue weighted by Crippen LogP contribution is 2.34. The fourth-order valence-electron chi connectivity index (χ4n) is 3.13. The van der Waals surface area contributed by atoms with Crippen LogP contribution in [0.3, 0.4) is 0 Å². The molecule has 0 aromatic carbocycles. The largest absolute Gasteiger partial charge is 0.479 e. The fourth-order valence-corrected chi connectivity index (χ4v) is 3.34. The van der Waals surface area contributed by atoms with Crippen molar-refractivity contribution < 1.29 is 4.74 Å². The van der Waals surface area contributed by atoms with Gasteiger partial charge in [0.05, 0.1) is 13.0 Å². The zero-order valence-electron chi connectivity index (χ0n) is 11.8. The minimum atomic E-state index is 0.376. The van der Waals surface area contributed by atoms with Crippen LogP contribution in [0.2, 0.25) is 0 Å². The normalized spacial score (nSPS) is 22.6. The first-order chi connectivity index (χ1) is 9.74. The average Bonchev–Trinajstić information content (AvgIpc) is 3.03. The first kappa shape index (κ1) is 13.6. The Labute approximate surface area is 123 Å². The van der Waals surface area contributed by atoms with E-state index in [9.17, 15) is 0 Å². The van der Waals surface area contributed by atoms with Crippen molar-refractivity contribution in [3.05, 3.63) is 12.2 Å². The number of hydrogen-bond donors (Lipinski definition) is 0. The molecule has 2 heterocycles. The average molecular weight is 295 g/mol. The summed E-state index contributed by atoms with van der Waals surface area (Å²) in [7, 11) is 1.60. The molecule has 20 heavy (non-hydrogen) atoms. The molecule has 1 saturated carbocycles. The monoisotopic (exact) mass is 294 g/mol. The predicted molar refractivity (Wildman–Crippen MR) is 77.9 cm³/mol. The smallest absolute Gasteiger partial charge is 0.245 e. The van der Waals surface area contributed by atoms with E-state index < -0.39 is 0 Å². The van der Waals surface area contributed by atoms with E-state index in [1.165, 1.54) is 25.6 Å². The number of rotatable bonds is 4. The van der Waals surface area contributed by atoms with Gasteiger partial charge in [-0.25, -0.2) is 9.97 Å². The first-order valence-electron chi connectivity index (χ1n) is 7.04. The highest BCUT2D eigenvalue weighted by molar-refractivity contribution is 6.16. The third kappa shape index (κ3) is 2.24. The van der Waals surface area contributed by atoms with E-state index in [-0.39, 0.29) is 0 Å². The van der Waals surface area contributed by atoms with Crippen LogP contribution in [-0.2, 0) is 12.4 Å². The molecule has 2 atom stereocenters. The van der Waals surface area contributed by atoms with Gasteiger partial charge in [-0.1, -0.05) is 19.8 Å². The second-order valence-corrected chi connectivity index (χ2v) is 5.76. The summed E-state index contributed by atoms with van der Waals surface area (Å²) >= 11 is 6.05. The lowest BCUT2D eigenvalue weighted by molar-refractivity contribution is 0.363. The van der Waals surface area contributed by atoms with Gasteiger partial charge < -0.3 is 9.30 Å². The Bertz CT molecular complexity index is 612. The van der Waals surface area contributed by atoms with Crippen molar-refractivity contribution in [2.75, 3.05) is 7.11 Å². The van der Waals surface area contributed by atoms with Crippen molar-refractivity contribution in [2.24, 2.45) is 11.8 Å². The van der Waals surface area contributed by atoms with Crippen molar-refractivity contribution in [2.45, 2.75) is 38.6 Å². The minimum Gasteiger partial charge on any atom is -0.479 e. The van der Waals surface area contributed by atoms with Crippen molar-refractivity contribution in [3.8, 4) is 5.88 Å². The molecule has 2 aromatic rings. The van der Waals surface area contributed by atoms with Gasteiger partial charge in [0.15, 0.2) is 11.2 Å². The molecular formula is C14H19ClN4O. The van der Waals surface area contributed by atoms with E-state index in [1.807, 2.05) is 0 Å². The maximum absolute atomic E-state index is 6.05. The summed E-state index contributed by atoms with van der Waals surface area (Å²) in [5.41, 5.74) is 1.53. The van der Waals surface area contributed by atoms with Crippen LogP contribution in [0.5, 0.6) is 5.88 Å². The molecule has 6 heteroatoms. The van der Waals surface area contributed by atoms with E-state index >= 15 is 0 Å². The Morgan fingerprint density at radius 3 is 2.90 bits per heavy atom. The summed E-state index contributed by atoms with van der Waals surface area (Å²) in [5, 5.41) is 0. The van der Waals surface area contributed by atoms with E-state index in [1.54, 1.807) is 7.11 Å². The second-order valence-electron chi connectivity index (χ2n) is 5.50. The van der Waals surface area contributed by atoms with Crippen LogP contribution in [0.25, 0.3) is 11.2 Å². The molecule has 1 fully saturated rings. The third-order valence-electron chi connectivity index (χ3n) is 4.35. The fraction of sp³-hybridized carbons (Fsp3) is 0.643. The van der Waals surface area contributed by atoms with Gasteiger partial charge in [0.2, 0.25) is 5.88 Å². The molecule has 3 rings (SSSR count).